The summed E-state index contributed by atoms with van der Waals surface area (Å²) in [4.78, 5) is 20.6. The minimum Gasteiger partial charge on any atom is -0.493 e. The Kier molecular flexibility index (Phi) is 9.41. The molecule has 214 valence electrons. The first-order valence-corrected chi connectivity index (χ1v) is 15.1. The average molecular weight is 658 g/mol. The fourth-order valence-electron chi connectivity index (χ4n) is 4.11. The van der Waals surface area contributed by atoms with E-state index in [-0.39, 0.29) is 12.5 Å². The lowest BCUT2D eigenvalue weighted by Gasteiger charge is -2.17. The van der Waals surface area contributed by atoms with Crippen LogP contribution in [0, 0.1) is 13.8 Å². The molecule has 1 amide bonds. The number of rotatable bonds is 7. The lowest BCUT2D eigenvalue weighted by atomic mass is 10.1. The molecule has 0 N–H and O–H groups in total. The van der Waals surface area contributed by atoms with Gasteiger partial charge in [-0.05, 0) is 102 Å². The van der Waals surface area contributed by atoms with Gasteiger partial charge in [0.25, 0.3) is 5.91 Å². The maximum atomic E-state index is 13.8. The first-order valence-electron chi connectivity index (χ1n) is 12.7. The standard InChI is InChI=1S/C32H24Cl4N2O3S/c1-18-4-10-23(15-25(18)34)37-32-38(24-11-5-19(2)26(35)16-24)31(39)29(42-32)14-21-12-27(36)30(28(13-21)40-3)41-17-20-6-8-22(33)9-7-20/h4-16H,17H2,1-3H3/b29-14+,37-32?. The Hall–Kier alpha value is -3.13. The Morgan fingerprint density at radius 2 is 1.55 bits per heavy atom. The van der Waals surface area contributed by atoms with E-state index in [0.29, 0.717) is 58.6 Å². The van der Waals surface area contributed by atoms with Crippen LogP contribution in [0.5, 0.6) is 11.5 Å². The third-order valence-electron chi connectivity index (χ3n) is 6.45. The normalized spacial score (nSPS) is 15.1. The van der Waals surface area contributed by atoms with Gasteiger partial charge in [0.05, 0.1) is 28.4 Å². The fourth-order valence-corrected chi connectivity index (χ4v) is 5.86. The zero-order chi connectivity index (χ0) is 30.0. The molecule has 1 heterocycles. The second-order valence-electron chi connectivity index (χ2n) is 9.46. The Bertz CT molecular complexity index is 1740. The summed E-state index contributed by atoms with van der Waals surface area (Å²) in [6, 6.07) is 21.8. The lowest BCUT2D eigenvalue weighted by molar-refractivity contribution is -0.113. The molecule has 0 atom stereocenters. The van der Waals surface area contributed by atoms with E-state index in [0.717, 1.165) is 16.7 Å². The first kappa shape index (κ1) is 30.3. The van der Waals surface area contributed by atoms with Crippen LogP contribution in [0.3, 0.4) is 0 Å². The first-order chi connectivity index (χ1) is 20.1. The van der Waals surface area contributed by atoms with Gasteiger partial charge in [0.15, 0.2) is 16.7 Å². The molecule has 4 aromatic rings. The molecule has 0 spiro atoms. The number of carbonyl (C=O) groups excluding carboxylic acids is 1. The minimum absolute atomic E-state index is 0.255. The number of halogens is 4. The molecule has 5 nitrogen and oxygen atoms in total. The van der Waals surface area contributed by atoms with Crippen molar-refractivity contribution >= 4 is 86.7 Å². The van der Waals surface area contributed by atoms with Crippen LogP contribution in [0.1, 0.15) is 22.3 Å². The maximum absolute atomic E-state index is 13.8. The smallest absolute Gasteiger partial charge is 0.271 e. The van der Waals surface area contributed by atoms with Crippen LogP contribution in [0.4, 0.5) is 11.4 Å². The summed E-state index contributed by atoms with van der Waals surface area (Å²) in [5.41, 5.74) is 4.65. The predicted molar refractivity (Wildman–Crippen MR) is 176 cm³/mol. The third-order valence-corrected chi connectivity index (χ3v) is 8.76. The van der Waals surface area contributed by atoms with Gasteiger partial charge in [-0.25, -0.2) is 4.99 Å². The molecule has 0 unspecified atom stereocenters. The summed E-state index contributed by atoms with van der Waals surface area (Å²) in [5, 5.41) is 2.59. The van der Waals surface area contributed by atoms with Crippen molar-refractivity contribution in [1.29, 1.82) is 0 Å². The van der Waals surface area contributed by atoms with Gasteiger partial charge >= 0.3 is 0 Å². The van der Waals surface area contributed by atoms with Crippen molar-refractivity contribution < 1.29 is 14.3 Å². The predicted octanol–water partition coefficient (Wildman–Crippen LogP) is 10.3. The summed E-state index contributed by atoms with van der Waals surface area (Å²) < 4.78 is 11.6. The van der Waals surface area contributed by atoms with Crippen LogP contribution in [0.2, 0.25) is 20.1 Å². The SMILES string of the molecule is COc1cc(/C=C2/SC(=Nc3ccc(C)c(Cl)c3)N(c3ccc(C)c(Cl)c3)C2=O)cc(Cl)c1OCc1ccc(Cl)cc1. The summed E-state index contributed by atoms with van der Waals surface area (Å²) in [6.45, 7) is 4.10. The minimum atomic E-state index is -0.255. The van der Waals surface area contributed by atoms with Gasteiger partial charge in [-0.15, -0.1) is 0 Å². The lowest BCUT2D eigenvalue weighted by Crippen LogP contribution is -2.28. The zero-order valence-corrected chi connectivity index (χ0v) is 26.6. The van der Waals surface area contributed by atoms with Crippen molar-refractivity contribution in [2.45, 2.75) is 20.5 Å². The summed E-state index contributed by atoms with van der Waals surface area (Å²) >= 11 is 26.6. The highest BCUT2D eigenvalue weighted by Crippen LogP contribution is 2.41. The molecule has 4 aromatic carbocycles. The topological polar surface area (TPSA) is 51.1 Å². The number of thioether (sulfide) groups is 1. The highest BCUT2D eigenvalue weighted by atomic mass is 35.5. The van der Waals surface area contributed by atoms with Crippen molar-refractivity contribution in [3.8, 4) is 11.5 Å². The maximum Gasteiger partial charge on any atom is 0.271 e. The summed E-state index contributed by atoms with van der Waals surface area (Å²) in [7, 11) is 1.54. The van der Waals surface area contributed by atoms with Crippen molar-refractivity contribution in [1.82, 2.24) is 0 Å². The van der Waals surface area contributed by atoms with E-state index < -0.39 is 0 Å². The molecule has 0 aliphatic carbocycles. The molecular weight excluding hydrogens is 634 g/mol. The number of carbonyl (C=O) groups is 1. The number of aliphatic imine (C=N–C) groups is 1. The van der Waals surface area contributed by atoms with E-state index >= 15 is 0 Å². The average Bonchev–Trinajstić information content (AvgIpc) is 3.26. The molecule has 5 rings (SSSR count). The molecule has 0 bridgehead atoms. The molecule has 42 heavy (non-hydrogen) atoms. The molecule has 0 aromatic heterocycles. The molecule has 0 saturated carbocycles. The van der Waals surface area contributed by atoms with Gasteiger partial charge in [0, 0.05) is 15.1 Å². The number of aryl methyl sites for hydroxylation is 2. The number of amides is 1. The van der Waals surface area contributed by atoms with Gasteiger partial charge in [0.2, 0.25) is 0 Å². The number of hydrogen-bond acceptors (Lipinski definition) is 5. The zero-order valence-electron chi connectivity index (χ0n) is 22.8. The molecule has 10 heteroatoms. The number of ether oxygens (including phenoxy) is 2. The van der Waals surface area contributed by atoms with Crippen molar-refractivity contribution in [2.24, 2.45) is 4.99 Å². The number of amidine groups is 1. The molecule has 0 radical (unpaired) electrons. The Balaban J connectivity index is 1.49. The van der Waals surface area contributed by atoms with Gasteiger partial charge in [-0.3, -0.25) is 9.69 Å². The Morgan fingerprint density at radius 3 is 2.21 bits per heavy atom. The van der Waals surface area contributed by atoms with Crippen LogP contribution in [0.15, 0.2) is 82.7 Å². The van der Waals surface area contributed by atoms with E-state index in [2.05, 4.69) is 0 Å². The fraction of sp³-hybridized carbons (Fsp3) is 0.125. The number of nitrogens with zero attached hydrogens (tertiary/aromatic N) is 2. The second kappa shape index (κ2) is 13.0. The Morgan fingerprint density at radius 1 is 0.857 bits per heavy atom. The Labute approximate surface area is 268 Å². The molecule has 1 fully saturated rings. The van der Waals surface area contributed by atoms with Crippen LogP contribution < -0.4 is 14.4 Å². The van der Waals surface area contributed by atoms with Crippen LogP contribution in [0.25, 0.3) is 6.08 Å². The molecule has 1 aliphatic heterocycles. The van der Waals surface area contributed by atoms with Crippen molar-refractivity contribution in [3.63, 3.8) is 0 Å². The van der Waals surface area contributed by atoms with Crippen molar-refractivity contribution in [3.05, 3.63) is 120 Å². The quantitative estimate of drug-likeness (QED) is 0.186. The summed E-state index contributed by atoms with van der Waals surface area (Å²) in [6.07, 6.45) is 1.75. The number of anilines is 1. The van der Waals surface area contributed by atoms with Crippen LogP contribution in [-0.2, 0) is 11.4 Å². The molecule has 1 aliphatic rings. The largest absolute Gasteiger partial charge is 0.493 e. The van der Waals surface area contributed by atoms with Crippen LogP contribution >= 0.6 is 58.2 Å². The van der Waals surface area contributed by atoms with E-state index in [1.807, 2.05) is 50.2 Å². The molecule has 1 saturated heterocycles. The number of hydrogen-bond donors (Lipinski definition) is 0. The monoisotopic (exact) mass is 656 g/mol. The van der Waals surface area contributed by atoms with E-state index in [9.17, 15) is 4.79 Å². The van der Waals surface area contributed by atoms with Gasteiger partial charge in [-0.1, -0.05) is 70.7 Å². The highest BCUT2D eigenvalue weighted by Gasteiger charge is 2.35. The second-order valence-corrected chi connectivity index (χ2v) is 12.1. The third kappa shape index (κ3) is 6.74. The van der Waals surface area contributed by atoms with Gasteiger partial charge < -0.3 is 9.47 Å². The van der Waals surface area contributed by atoms with Gasteiger partial charge in [0.1, 0.15) is 6.61 Å². The van der Waals surface area contributed by atoms with Crippen LogP contribution in [-0.4, -0.2) is 18.2 Å². The van der Waals surface area contributed by atoms with Crippen molar-refractivity contribution in [2.75, 3.05) is 12.0 Å². The summed E-state index contributed by atoms with van der Waals surface area (Å²) in [5.74, 6) is 0.579. The van der Waals surface area contributed by atoms with E-state index in [4.69, 9.17) is 60.9 Å². The van der Waals surface area contributed by atoms with E-state index in [1.165, 1.54) is 23.8 Å². The van der Waals surface area contributed by atoms with Gasteiger partial charge in [-0.2, -0.15) is 0 Å². The highest BCUT2D eigenvalue weighted by molar-refractivity contribution is 8.19. The number of methoxy groups -OCH3 is 1. The molecular formula is C32H24Cl4N2O3S. The van der Waals surface area contributed by atoms with E-state index in [1.54, 1.807) is 42.5 Å². The number of benzene rings is 4.